The molecule has 110 valence electrons. The van der Waals surface area contributed by atoms with E-state index < -0.39 is 22.6 Å². The van der Waals surface area contributed by atoms with Crippen molar-refractivity contribution in [1.82, 2.24) is 0 Å². The van der Waals surface area contributed by atoms with Gasteiger partial charge in [-0.15, -0.1) is 0 Å². The third-order valence-electron chi connectivity index (χ3n) is 2.59. The van der Waals surface area contributed by atoms with Crippen LogP contribution in [0.15, 0.2) is 28.2 Å². The molecule has 8 heteroatoms. The van der Waals surface area contributed by atoms with E-state index in [0.29, 0.717) is 10.0 Å². The summed E-state index contributed by atoms with van der Waals surface area (Å²) in [6.45, 7) is 2.87. The summed E-state index contributed by atoms with van der Waals surface area (Å²) in [7, 11) is 0. The van der Waals surface area contributed by atoms with Gasteiger partial charge in [-0.1, -0.05) is 6.07 Å². The van der Waals surface area contributed by atoms with E-state index in [1.54, 1.807) is 0 Å². The SMILES string of the molecule is CC1(C)OC(=O)C(=Cc2ccc(Br)c([N+](=O)[O-])c2)C(=O)O1. The van der Waals surface area contributed by atoms with Crippen LogP contribution in [0.5, 0.6) is 0 Å². The van der Waals surface area contributed by atoms with Crippen LogP contribution in [0, 0.1) is 10.1 Å². The largest absolute Gasteiger partial charge is 0.419 e. The number of hydrogen-bond acceptors (Lipinski definition) is 6. The predicted molar refractivity (Wildman–Crippen MR) is 75.0 cm³/mol. The lowest BCUT2D eigenvalue weighted by Gasteiger charge is -2.29. The predicted octanol–water partition coefficient (Wildman–Crippen LogP) is 2.58. The lowest BCUT2D eigenvalue weighted by Crippen LogP contribution is -2.41. The van der Waals surface area contributed by atoms with Crippen LogP contribution in [0.25, 0.3) is 6.08 Å². The third-order valence-corrected chi connectivity index (χ3v) is 3.27. The highest BCUT2D eigenvalue weighted by atomic mass is 79.9. The number of carbonyl (C=O) groups is 2. The van der Waals surface area contributed by atoms with E-state index >= 15 is 0 Å². The first kappa shape index (κ1) is 15.2. The van der Waals surface area contributed by atoms with Gasteiger partial charge in [0.1, 0.15) is 5.57 Å². The molecule has 0 saturated carbocycles. The van der Waals surface area contributed by atoms with Crippen LogP contribution in [0.2, 0.25) is 0 Å². The standard InChI is InChI=1S/C13H10BrNO6/c1-13(2)20-11(16)8(12(17)21-13)5-7-3-4-9(14)10(6-7)15(18)19/h3-6H,1-2H3. The quantitative estimate of drug-likeness (QED) is 0.266. The molecule has 1 aliphatic rings. The zero-order valence-electron chi connectivity index (χ0n) is 11.1. The Balaban J connectivity index is 2.40. The first-order valence-corrected chi connectivity index (χ1v) is 6.61. The number of cyclic esters (lactones) is 2. The lowest BCUT2D eigenvalue weighted by molar-refractivity contribution is -0.385. The molecule has 0 N–H and O–H groups in total. The smallest absolute Gasteiger partial charge is 0.348 e. The molecule has 1 heterocycles. The number of ether oxygens (including phenoxy) is 2. The van der Waals surface area contributed by atoms with Crippen LogP contribution in [0.1, 0.15) is 19.4 Å². The van der Waals surface area contributed by atoms with Gasteiger partial charge in [0.25, 0.3) is 11.5 Å². The fraction of sp³-hybridized carbons (Fsp3) is 0.231. The maximum absolute atomic E-state index is 11.8. The summed E-state index contributed by atoms with van der Waals surface area (Å²) < 4.78 is 10.2. The van der Waals surface area contributed by atoms with Gasteiger partial charge < -0.3 is 9.47 Å². The van der Waals surface area contributed by atoms with E-state index in [0.717, 1.165) is 0 Å². The summed E-state index contributed by atoms with van der Waals surface area (Å²) in [5.41, 5.74) is -0.179. The molecular weight excluding hydrogens is 346 g/mol. The number of rotatable bonds is 2. The van der Waals surface area contributed by atoms with E-state index in [4.69, 9.17) is 9.47 Å². The highest BCUT2D eigenvalue weighted by molar-refractivity contribution is 9.10. The molecule has 0 unspecified atom stereocenters. The summed E-state index contributed by atoms with van der Waals surface area (Å²) >= 11 is 3.05. The number of nitro benzene ring substituents is 1. The van der Waals surface area contributed by atoms with Gasteiger partial charge in [0.15, 0.2) is 0 Å². The van der Waals surface area contributed by atoms with Crippen molar-refractivity contribution in [2.75, 3.05) is 0 Å². The minimum absolute atomic E-state index is 0.178. The summed E-state index contributed by atoms with van der Waals surface area (Å²) in [5.74, 6) is -2.99. The maximum atomic E-state index is 11.8. The Kier molecular flexibility index (Phi) is 3.82. The van der Waals surface area contributed by atoms with Crippen molar-refractivity contribution in [2.45, 2.75) is 19.6 Å². The number of nitrogens with zero attached hydrogens (tertiary/aromatic N) is 1. The number of esters is 2. The summed E-state index contributed by atoms with van der Waals surface area (Å²) in [4.78, 5) is 33.8. The topological polar surface area (TPSA) is 95.7 Å². The zero-order chi connectivity index (χ0) is 15.8. The highest BCUT2D eigenvalue weighted by Crippen LogP contribution is 2.28. The monoisotopic (exact) mass is 355 g/mol. The second-order valence-electron chi connectivity index (χ2n) is 4.70. The first-order valence-electron chi connectivity index (χ1n) is 5.82. The molecule has 0 aliphatic carbocycles. The van der Waals surface area contributed by atoms with Crippen LogP contribution in [-0.4, -0.2) is 22.6 Å². The second kappa shape index (κ2) is 5.28. The number of hydrogen-bond donors (Lipinski definition) is 0. The van der Waals surface area contributed by atoms with Crippen LogP contribution in [0.4, 0.5) is 5.69 Å². The molecule has 7 nitrogen and oxygen atoms in total. The molecule has 1 aromatic rings. The van der Waals surface area contributed by atoms with E-state index in [9.17, 15) is 19.7 Å². The van der Waals surface area contributed by atoms with E-state index in [1.807, 2.05) is 0 Å². The van der Waals surface area contributed by atoms with Crippen molar-refractivity contribution in [2.24, 2.45) is 0 Å². The summed E-state index contributed by atoms with van der Waals surface area (Å²) in [6.07, 6.45) is 1.19. The molecule has 0 amide bonds. The minimum Gasteiger partial charge on any atom is -0.419 e. The third kappa shape index (κ3) is 3.27. The number of halogens is 1. The van der Waals surface area contributed by atoms with Crippen LogP contribution >= 0.6 is 15.9 Å². The van der Waals surface area contributed by atoms with Gasteiger partial charge in [-0.2, -0.15) is 0 Å². The molecular formula is C13H10BrNO6. The fourth-order valence-corrected chi connectivity index (χ4v) is 2.10. The van der Waals surface area contributed by atoms with Gasteiger partial charge in [-0.25, -0.2) is 9.59 Å². The van der Waals surface area contributed by atoms with Crippen molar-refractivity contribution < 1.29 is 24.0 Å². The molecule has 21 heavy (non-hydrogen) atoms. The molecule has 0 spiro atoms. The van der Waals surface area contributed by atoms with E-state index in [-0.39, 0.29) is 11.3 Å². The average molecular weight is 356 g/mol. The molecule has 0 atom stereocenters. The van der Waals surface area contributed by atoms with Gasteiger partial charge in [-0.3, -0.25) is 10.1 Å². The Labute approximate surface area is 127 Å². The Morgan fingerprint density at radius 3 is 2.33 bits per heavy atom. The van der Waals surface area contributed by atoms with E-state index in [2.05, 4.69) is 15.9 Å². The van der Waals surface area contributed by atoms with Crippen molar-refractivity contribution in [3.8, 4) is 0 Å². The lowest BCUT2D eigenvalue weighted by atomic mass is 10.1. The number of nitro groups is 1. The van der Waals surface area contributed by atoms with Crippen molar-refractivity contribution >= 4 is 39.6 Å². The first-order chi connectivity index (χ1) is 9.69. The van der Waals surface area contributed by atoms with Gasteiger partial charge in [0.2, 0.25) is 0 Å². The molecule has 2 rings (SSSR count). The summed E-state index contributed by atoms with van der Waals surface area (Å²) in [5, 5.41) is 10.9. The molecule has 0 radical (unpaired) electrons. The molecule has 1 fully saturated rings. The molecule has 0 aromatic heterocycles. The fourth-order valence-electron chi connectivity index (χ4n) is 1.70. The maximum Gasteiger partial charge on any atom is 0.348 e. The number of benzene rings is 1. The van der Waals surface area contributed by atoms with E-state index in [1.165, 1.54) is 38.1 Å². The Bertz CT molecular complexity index is 657. The Morgan fingerprint density at radius 2 is 1.81 bits per heavy atom. The molecule has 0 bridgehead atoms. The van der Waals surface area contributed by atoms with Crippen molar-refractivity contribution in [3.05, 3.63) is 43.9 Å². The van der Waals surface area contributed by atoms with Gasteiger partial charge in [-0.05, 0) is 33.6 Å². The van der Waals surface area contributed by atoms with Gasteiger partial charge >= 0.3 is 11.9 Å². The van der Waals surface area contributed by atoms with Crippen molar-refractivity contribution in [3.63, 3.8) is 0 Å². The second-order valence-corrected chi connectivity index (χ2v) is 5.56. The van der Waals surface area contributed by atoms with Gasteiger partial charge in [0, 0.05) is 19.9 Å². The zero-order valence-corrected chi connectivity index (χ0v) is 12.7. The van der Waals surface area contributed by atoms with Crippen LogP contribution in [0.3, 0.4) is 0 Å². The molecule has 1 aromatic carbocycles. The van der Waals surface area contributed by atoms with Crippen LogP contribution in [-0.2, 0) is 19.1 Å². The van der Waals surface area contributed by atoms with Crippen molar-refractivity contribution in [1.29, 1.82) is 0 Å². The average Bonchev–Trinajstić information content (AvgIpc) is 2.34. The summed E-state index contributed by atoms with van der Waals surface area (Å²) in [6, 6.07) is 4.20. The number of carbonyl (C=O) groups excluding carboxylic acids is 2. The van der Waals surface area contributed by atoms with Gasteiger partial charge in [0.05, 0.1) is 9.40 Å². The molecule has 1 aliphatic heterocycles. The minimum atomic E-state index is -1.32. The molecule has 1 saturated heterocycles. The normalized spacial score (nSPS) is 17.0. The Morgan fingerprint density at radius 1 is 1.24 bits per heavy atom. The highest BCUT2D eigenvalue weighted by Gasteiger charge is 2.38. The Hall–Kier alpha value is -2.22. The van der Waals surface area contributed by atoms with Crippen LogP contribution < -0.4 is 0 Å².